The Kier molecular flexibility index (Phi) is 3.85. The number of rotatable bonds is 2. The van der Waals surface area contributed by atoms with Crippen molar-refractivity contribution in [2.75, 3.05) is 0 Å². The van der Waals surface area contributed by atoms with Gasteiger partial charge in [-0.25, -0.2) is 0 Å². The van der Waals surface area contributed by atoms with Gasteiger partial charge < -0.3 is 5.11 Å². The highest BCUT2D eigenvalue weighted by Gasteiger charge is 2.10. The van der Waals surface area contributed by atoms with Crippen molar-refractivity contribution in [3.05, 3.63) is 12.2 Å². The van der Waals surface area contributed by atoms with E-state index in [2.05, 4.69) is 12.2 Å². The van der Waals surface area contributed by atoms with Crippen LogP contribution in [0.25, 0.3) is 0 Å². The summed E-state index contributed by atoms with van der Waals surface area (Å²) in [6, 6.07) is 0. The van der Waals surface area contributed by atoms with Crippen LogP contribution >= 0.6 is 0 Å². The zero-order chi connectivity index (χ0) is 8.81. The van der Waals surface area contributed by atoms with Crippen molar-refractivity contribution in [3.63, 3.8) is 0 Å². The zero-order valence-electron chi connectivity index (χ0n) is 7.33. The molecule has 0 aromatic carbocycles. The average molecular weight is 168 g/mol. The minimum Gasteiger partial charge on any atom is -0.481 e. The third-order valence-corrected chi connectivity index (χ3v) is 2.29. The summed E-state index contributed by atoms with van der Waals surface area (Å²) in [4.78, 5) is 10.4. The van der Waals surface area contributed by atoms with E-state index in [0.29, 0.717) is 6.42 Å². The molecule has 2 nitrogen and oxygen atoms in total. The first kappa shape index (κ1) is 9.30. The number of carboxylic acid groups (broad SMARTS) is 1. The Hall–Kier alpha value is -0.790. The van der Waals surface area contributed by atoms with E-state index >= 15 is 0 Å². The smallest absolute Gasteiger partial charge is 0.303 e. The molecule has 0 spiro atoms. The van der Waals surface area contributed by atoms with Gasteiger partial charge in [0.15, 0.2) is 0 Å². The standard InChI is InChI=1S/C10H16O2/c11-10(12)8-9-6-4-2-1-3-5-7-9/h4,6,9H,1-3,5,7-8H2,(H,11,12)/b6-4-. The summed E-state index contributed by atoms with van der Waals surface area (Å²) < 4.78 is 0. The van der Waals surface area contributed by atoms with Gasteiger partial charge in [-0.15, -0.1) is 0 Å². The first-order chi connectivity index (χ1) is 5.79. The Morgan fingerprint density at radius 2 is 2.25 bits per heavy atom. The summed E-state index contributed by atoms with van der Waals surface area (Å²) in [5.74, 6) is -0.395. The fourth-order valence-electron chi connectivity index (χ4n) is 1.62. The number of hydrogen-bond donors (Lipinski definition) is 1. The predicted molar refractivity (Wildman–Crippen MR) is 48.0 cm³/mol. The first-order valence-electron chi connectivity index (χ1n) is 4.67. The van der Waals surface area contributed by atoms with E-state index < -0.39 is 5.97 Å². The van der Waals surface area contributed by atoms with Crippen LogP contribution in [0.3, 0.4) is 0 Å². The summed E-state index contributed by atoms with van der Waals surface area (Å²) in [5, 5.41) is 8.59. The molecule has 1 atom stereocenters. The van der Waals surface area contributed by atoms with E-state index in [0.717, 1.165) is 12.8 Å². The van der Waals surface area contributed by atoms with Crippen molar-refractivity contribution in [1.82, 2.24) is 0 Å². The molecule has 1 unspecified atom stereocenters. The minimum atomic E-state index is -0.676. The van der Waals surface area contributed by atoms with E-state index in [9.17, 15) is 4.79 Å². The largest absolute Gasteiger partial charge is 0.481 e. The van der Waals surface area contributed by atoms with Gasteiger partial charge in [-0.1, -0.05) is 25.0 Å². The van der Waals surface area contributed by atoms with E-state index in [-0.39, 0.29) is 5.92 Å². The second kappa shape index (κ2) is 4.96. The van der Waals surface area contributed by atoms with E-state index in [1.165, 1.54) is 19.3 Å². The van der Waals surface area contributed by atoms with Crippen LogP contribution in [0, 0.1) is 5.92 Å². The predicted octanol–water partition coefficient (Wildman–Crippen LogP) is 2.60. The second-order valence-electron chi connectivity index (χ2n) is 3.42. The number of hydrogen-bond acceptors (Lipinski definition) is 1. The molecule has 0 amide bonds. The molecule has 1 N–H and O–H groups in total. The van der Waals surface area contributed by atoms with Crippen LogP contribution in [0.15, 0.2) is 12.2 Å². The van der Waals surface area contributed by atoms with Crippen LogP contribution in [0.4, 0.5) is 0 Å². The molecule has 1 aliphatic rings. The molecule has 0 fully saturated rings. The minimum absolute atomic E-state index is 0.280. The second-order valence-corrected chi connectivity index (χ2v) is 3.42. The maximum Gasteiger partial charge on any atom is 0.303 e. The molecule has 0 heterocycles. The Morgan fingerprint density at radius 3 is 3.00 bits per heavy atom. The first-order valence-corrected chi connectivity index (χ1v) is 4.67. The van der Waals surface area contributed by atoms with E-state index in [1.54, 1.807) is 0 Å². The number of aliphatic carboxylic acids is 1. The highest BCUT2D eigenvalue weighted by atomic mass is 16.4. The number of allylic oxidation sites excluding steroid dienone is 2. The summed E-state index contributed by atoms with van der Waals surface area (Å²) in [7, 11) is 0. The van der Waals surface area contributed by atoms with E-state index in [1.807, 2.05) is 0 Å². The molecule has 1 rings (SSSR count). The lowest BCUT2D eigenvalue weighted by atomic mass is 9.94. The van der Waals surface area contributed by atoms with Crippen LogP contribution < -0.4 is 0 Å². The molecule has 1 aliphatic carbocycles. The maximum absolute atomic E-state index is 10.4. The van der Waals surface area contributed by atoms with Crippen molar-refractivity contribution in [2.24, 2.45) is 5.92 Å². The van der Waals surface area contributed by atoms with Crippen LogP contribution in [0.1, 0.15) is 38.5 Å². The van der Waals surface area contributed by atoms with Crippen molar-refractivity contribution >= 4 is 5.97 Å². The normalized spacial score (nSPS) is 27.2. The molecular formula is C10H16O2. The lowest BCUT2D eigenvalue weighted by Crippen LogP contribution is -2.06. The van der Waals surface area contributed by atoms with Crippen LogP contribution in [-0.2, 0) is 4.79 Å². The third-order valence-electron chi connectivity index (χ3n) is 2.29. The molecule has 2 heteroatoms. The fourth-order valence-corrected chi connectivity index (χ4v) is 1.62. The third kappa shape index (κ3) is 3.56. The number of carbonyl (C=O) groups is 1. The lowest BCUT2D eigenvalue weighted by molar-refractivity contribution is -0.137. The lowest BCUT2D eigenvalue weighted by Gasteiger charge is -2.12. The molecule has 12 heavy (non-hydrogen) atoms. The van der Waals surface area contributed by atoms with Gasteiger partial charge in [-0.2, -0.15) is 0 Å². The van der Waals surface area contributed by atoms with Crippen molar-refractivity contribution < 1.29 is 9.90 Å². The molecule has 0 radical (unpaired) electrons. The van der Waals surface area contributed by atoms with Gasteiger partial charge in [0.05, 0.1) is 6.42 Å². The fraction of sp³-hybridized carbons (Fsp3) is 0.700. The Morgan fingerprint density at radius 1 is 1.42 bits per heavy atom. The van der Waals surface area contributed by atoms with Gasteiger partial charge in [-0.05, 0) is 25.2 Å². The van der Waals surface area contributed by atoms with Crippen molar-refractivity contribution in [2.45, 2.75) is 38.5 Å². The quantitative estimate of drug-likeness (QED) is 0.643. The molecular weight excluding hydrogens is 152 g/mol. The highest BCUT2D eigenvalue weighted by Crippen LogP contribution is 2.19. The molecule has 0 aromatic rings. The van der Waals surface area contributed by atoms with Crippen LogP contribution in [0.5, 0.6) is 0 Å². The monoisotopic (exact) mass is 168 g/mol. The molecule has 68 valence electrons. The van der Waals surface area contributed by atoms with Crippen LogP contribution in [-0.4, -0.2) is 11.1 Å². The van der Waals surface area contributed by atoms with Gasteiger partial charge in [-0.3, -0.25) is 4.79 Å². The van der Waals surface area contributed by atoms with Gasteiger partial charge in [0.1, 0.15) is 0 Å². The van der Waals surface area contributed by atoms with Gasteiger partial charge in [0, 0.05) is 0 Å². The van der Waals surface area contributed by atoms with Crippen molar-refractivity contribution in [3.8, 4) is 0 Å². The molecule has 0 saturated heterocycles. The van der Waals surface area contributed by atoms with Crippen molar-refractivity contribution in [1.29, 1.82) is 0 Å². The summed E-state index contributed by atoms with van der Waals surface area (Å²) in [6.45, 7) is 0. The molecule has 0 aliphatic heterocycles. The summed E-state index contributed by atoms with van der Waals surface area (Å²) >= 11 is 0. The summed E-state index contributed by atoms with van der Waals surface area (Å²) in [6.07, 6.45) is 10.4. The number of carboxylic acids is 1. The molecule has 0 aromatic heterocycles. The van der Waals surface area contributed by atoms with Gasteiger partial charge >= 0.3 is 5.97 Å². The Balaban J connectivity index is 2.38. The van der Waals surface area contributed by atoms with Gasteiger partial charge in [0.25, 0.3) is 0 Å². The Labute approximate surface area is 73.3 Å². The van der Waals surface area contributed by atoms with Crippen LogP contribution in [0.2, 0.25) is 0 Å². The molecule has 0 saturated carbocycles. The molecule has 0 bridgehead atoms. The topological polar surface area (TPSA) is 37.3 Å². The SMILES string of the molecule is O=C(O)CC1/C=C\CCCCC1. The highest BCUT2D eigenvalue weighted by molar-refractivity contribution is 5.67. The maximum atomic E-state index is 10.4. The van der Waals surface area contributed by atoms with E-state index in [4.69, 9.17) is 5.11 Å². The average Bonchev–Trinajstić information content (AvgIpc) is 1.93. The summed E-state index contributed by atoms with van der Waals surface area (Å²) in [5.41, 5.74) is 0. The Bertz CT molecular complexity index is 173. The zero-order valence-corrected chi connectivity index (χ0v) is 7.33. The van der Waals surface area contributed by atoms with Gasteiger partial charge in [0.2, 0.25) is 0 Å².